The Morgan fingerprint density at radius 1 is 1.14 bits per heavy atom. The number of alkyl carbamates (subject to hydrolysis) is 1. The number of carboxylic acids is 1. The molecule has 184 valence electrons. The number of fused-ring (bicyclic) bond motifs is 3. The minimum absolute atomic E-state index is 0.00631. The van der Waals surface area contributed by atoms with Gasteiger partial charge in [0, 0.05) is 32.0 Å². The molecule has 1 unspecified atom stereocenters. The number of benzene rings is 2. The highest BCUT2D eigenvalue weighted by Gasteiger charge is 2.50. The van der Waals surface area contributed by atoms with Gasteiger partial charge in [0.1, 0.15) is 12.0 Å². The summed E-state index contributed by atoms with van der Waals surface area (Å²) in [5.41, 5.74) is 3.74. The molecule has 7 nitrogen and oxygen atoms in total. The zero-order valence-electron chi connectivity index (χ0n) is 20.0. The van der Waals surface area contributed by atoms with Crippen LogP contribution >= 0.6 is 0 Å². The van der Waals surface area contributed by atoms with E-state index in [0.717, 1.165) is 11.1 Å². The lowest BCUT2D eigenvalue weighted by molar-refractivity contribution is -0.166. The van der Waals surface area contributed by atoms with Gasteiger partial charge in [-0.1, -0.05) is 68.0 Å². The molecular formula is C28H32N2O5. The van der Waals surface area contributed by atoms with Crippen molar-refractivity contribution in [3.63, 3.8) is 0 Å². The number of amides is 2. The van der Waals surface area contributed by atoms with Gasteiger partial charge in [-0.05, 0) is 34.6 Å². The van der Waals surface area contributed by atoms with E-state index < -0.39 is 17.5 Å². The van der Waals surface area contributed by atoms with Crippen molar-refractivity contribution < 1.29 is 24.2 Å². The average Bonchev–Trinajstić information content (AvgIpc) is 3.15. The fourth-order valence-electron chi connectivity index (χ4n) is 5.10. The van der Waals surface area contributed by atoms with Crippen LogP contribution in [0, 0.1) is 11.3 Å². The van der Waals surface area contributed by atoms with E-state index in [0.29, 0.717) is 19.4 Å². The number of ether oxygens (including phenoxy) is 1. The second-order valence-corrected chi connectivity index (χ2v) is 9.51. The highest BCUT2D eigenvalue weighted by Crippen LogP contribution is 2.44. The van der Waals surface area contributed by atoms with E-state index in [1.54, 1.807) is 11.0 Å². The van der Waals surface area contributed by atoms with E-state index in [2.05, 4.69) is 36.2 Å². The van der Waals surface area contributed by atoms with Gasteiger partial charge in [0.05, 0.1) is 0 Å². The van der Waals surface area contributed by atoms with Gasteiger partial charge in [-0.15, -0.1) is 6.58 Å². The Morgan fingerprint density at radius 3 is 2.29 bits per heavy atom. The molecule has 0 saturated carbocycles. The van der Waals surface area contributed by atoms with Crippen molar-refractivity contribution in [1.29, 1.82) is 0 Å². The molecule has 1 atom stereocenters. The molecule has 0 radical (unpaired) electrons. The van der Waals surface area contributed by atoms with Gasteiger partial charge >= 0.3 is 12.1 Å². The highest BCUT2D eigenvalue weighted by atomic mass is 16.5. The molecule has 2 aliphatic rings. The highest BCUT2D eigenvalue weighted by molar-refractivity contribution is 5.84. The molecule has 0 aromatic heterocycles. The van der Waals surface area contributed by atoms with Gasteiger partial charge in [0.25, 0.3) is 0 Å². The molecule has 1 aliphatic carbocycles. The van der Waals surface area contributed by atoms with Crippen LogP contribution in [0.5, 0.6) is 0 Å². The maximum atomic E-state index is 12.7. The topological polar surface area (TPSA) is 95.9 Å². The molecule has 1 aliphatic heterocycles. The summed E-state index contributed by atoms with van der Waals surface area (Å²) < 4.78 is 5.58. The number of carbonyl (C=O) groups is 3. The monoisotopic (exact) mass is 476 g/mol. The number of nitrogens with one attached hydrogen (secondary N) is 1. The Morgan fingerprint density at radius 2 is 1.74 bits per heavy atom. The second kappa shape index (κ2) is 10.3. The Labute approximate surface area is 205 Å². The molecule has 0 spiro atoms. The van der Waals surface area contributed by atoms with Gasteiger partial charge in [0.15, 0.2) is 0 Å². The molecular weight excluding hydrogens is 444 g/mol. The van der Waals surface area contributed by atoms with E-state index in [-0.39, 0.29) is 43.9 Å². The van der Waals surface area contributed by atoms with Crippen molar-refractivity contribution in [2.45, 2.75) is 32.1 Å². The van der Waals surface area contributed by atoms with E-state index in [1.807, 2.05) is 31.2 Å². The number of carbonyl (C=O) groups excluding carboxylic acids is 2. The summed E-state index contributed by atoms with van der Waals surface area (Å²) in [4.78, 5) is 38.3. The summed E-state index contributed by atoms with van der Waals surface area (Å²) in [5.74, 6) is -1.05. The van der Waals surface area contributed by atoms with Crippen LogP contribution in [0.25, 0.3) is 11.1 Å². The number of likely N-dealkylation sites (tertiary alicyclic amines) is 1. The summed E-state index contributed by atoms with van der Waals surface area (Å²) >= 11 is 0. The standard InChI is InChI=1S/C28H32N2O5/c1-3-13-28(26(32)33)17-30(18-28)25(31)14-19(4-2)15-29-27(34)35-16-24-22-11-7-5-9-20(22)21-10-6-8-12-23(21)24/h3,5-12,19,24H,1,4,13-18H2,2H3,(H,29,34)(H,32,33). The minimum atomic E-state index is -0.918. The fraction of sp³-hybridized carbons (Fsp3) is 0.393. The first kappa shape index (κ1) is 24.5. The molecule has 2 N–H and O–H groups in total. The smallest absolute Gasteiger partial charge is 0.407 e. The number of allylic oxidation sites excluding steroid dienone is 1. The van der Waals surface area contributed by atoms with Crippen LogP contribution < -0.4 is 5.32 Å². The van der Waals surface area contributed by atoms with Crippen molar-refractivity contribution in [2.75, 3.05) is 26.2 Å². The van der Waals surface area contributed by atoms with Gasteiger partial charge < -0.3 is 20.1 Å². The molecule has 35 heavy (non-hydrogen) atoms. The average molecular weight is 477 g/mol. The Kier molecular flexibility index (Phi) is 7.24. The van der Waals surface area contributed by atoms with Crippen LogP contribution in [0.4, 0.5) is 4.79 Å². The van der Waals surface area contributed by atoms with Gasteiger partial charge in [-0.3, -0.25) is 9.59 Å². The Bertz CT molecular complexity index is 1080. The number of hydrogen-bond acceptors (Lipinski definition) is 4. The Hall–Kier alpha value is -3.61. The lowest BCUT2D eigenvalue weighted by atomic mass is 9.76. The number of rotatable bonds is 10. The molecule has 7 heteroatoms. The van der Waals surface area contributed by atoms with Crippen molar-refractivity contribution in [3.05, 3.63) is 72.3 Å². The number of carboxylic acid groups (broad SMARTS) is 1. The zero-order valence-corrected chi connectivity index (χ0v) is 20.0. The maximum Gasteiger partial charge on any atom is 0.407 e. The number of hydrogen-bond donors (Lipinski definition) is 2. The minimum Gasteiger partial charge on any atom is -0.481 e. The summed E-state index contributed by atoms with van der Waals surface area (Å²) in [6.07, 6.45) is 2.39. The largest absolute Gasteiger partial charge is 0.481 e. The third-order valence-corrected chi connectivity index (χ3v) is 7.25. The third-order valence-electron chi connectivity index (χ3n) is 7.25. The van der Waals surface area contributed by atoms with Gasteiger partial charge in [-0.25, -0.2) is 4.79 Å². The Balaban J connectivity index is 1.26. The van der Waals surface area contributed by atoms with Gasteiger partial charge in [-0.2, -0.15) is 0 Å². The summed E-state index contributed by atoms with van der Waals surface area (Å²) in [7, 11) is 0. The van der Waals surface area contributed by atoms with Gasteiger partial charge in [0.2, 0.25) is 5.91 Å². The van der Waals surface area contributed by atoms with Crippen LogP contribution in [0.3, 0.4) is 0 Å². The van der Waals surface area contributed by atoms with Crippen LogP contribution in [0.15, 0.2) is 61.2 Å². The molecule has 2 aromatic rings. The molecule has 1 fully saturated rings. The first-order chi connectivity index (χ1) is 16.9. The molecule has 2 amide bonds. The van der Waals surface area contributed by atoms with E-state index in [4.69, 9.17) is 4.74 Å². The summed E-state index contributed by atoms with van der Waals surface area (Å²) in [6.45, 7) is 6.55. The summed E-state index contributed by atoms with van der Waals surface area (Å²) in [6, 6.07) is 16.3. The van der Waals surface area contributed by atoms with Crippen LogP contribution in [-0.4, -0.2) is 54.2 Å². The summed E-state index contributed by atoms with van der Waals surface area (Å²) in [5, 5.41) is 12.3. The quantitative estimate of drug-likeness (QED) is 0.495. The zero-order chi connectivity index (χ0) is 25.0. The van der Waals surface area contributed by atoms with E-state index in [9.17, 15) is 19.5 Å². The van der Waals surface area contributed by atoms with Crippen molar-refractivity contribution in [1.82, 2.24) is 10.2 Å². The molecule has 2 aromatic carbocycles. The third kappa shape index (κ3) is 4.94. The predicted octanol–water partition coefficient (Wildman–Crippen LogP) is 4.43. The first-order valence-electron chi connectivity index (χ1n) is 12.1. The van der Waals surface area contributed by atoms with Crippen LogP contribution in [0.1, 0.15) is 43.2 Å². The van der Waals surface area contributed by atoms with E-state index >= 15 is 0 Å². The first-order valence-corrected chi connectivity index (χ1v) is 12.1. The lowest BCUT2D eigenvalue weighted by Crippen LogP contribution is -2.62. The van der Waals surface area contributed by atoms with Crippen molar-refractivity contribution >= 4 is 18.0 Å². The predicted molar refractivity (Wildman–Crippen MR) is 133 cm³/mol. The molecule has 1 heterocycles. The van der Waals surface area contributed by atoms with E-state index in [1.165, 1.54) is 11.1 Å². The van der Waals surface area contributed by atoms with Crippen LogP contribution in [-0.2, 0) is 14.3 Å². The normalized spacial score (nSPS) is 16.4. The van der Waals surface area contributed by atoms with Crippen molar-refractivity contribution in [3.8, 4) is 11.1 Å². The number of aliphatic carboxylic acids is 1. The second-order valence-electron chi connectivity index (χ2n) is 9.51. The molecule has 0 bridgehead atoms. The molecule has 4 rings (SSSR count). The number of nitrogens with zero attached hydrogens (tertiary/aromatic N) is 1. The SMILES string of the molecule is C=CCC1(C(=O)O)CN(C(=O)CC(CC)CNC(=O)OCC2c3ccccc3-c3ccccc32)C1. The van der Waals surface area contributed by atoms with Crippen molar-refractivity contribution in [2.24, 2.45) is 11.3 Å². The fourth-order valence-corrected chi connectivity index (χ4v) is 5.10. The lowest BCUT2D eigenvalue weighted by Gasteiger charge is -2.47. The van der Waals surface area contributed by atoms with Crippen LogP contribution in [0.2, 0.25) is 0 Å². The molecule has 1 saturated heterocycles. The maximum absolute atomic E-state index is 12.7.